The van der Waals surface area contributed by atoms with Crippen molar-refractivity contribution in [2.75, 3.05) is 23.3 Å². The Labute approximate surface area is 164 Å². The standard InChI is InChI=1S/C17H14Cl3N3O3/c18-10-3-4-12(19)11(7-10)17(24)21-14-9-15(22-5-1-2-6-22)16(23(25)26)8-13(14)20/h3-4,7-9H,1-2,5-6H2,(H,21,24). The third kappa shape index (κ3) is 3.87. The summed E-state index contributed by atoms with van der Waals surface area (Å²) in [6.07, 6.45) is 1.92. The lowest BCUT2D eigenvalue weighted by molar-refractivity contribution is -0.384. The quantitative estimate of drug-likeness (QED) is 0.536. The maximum Gasteiger partial charge on any atom is 0.294 e. The number of halogens is 3. The molecule has 0 bridgehead atoms. The van der Waals surface area contributed by atoms with E-state index in [0.29, 0.717) is 10.7 Å². The molecule has 2 aromatic rings. The predicted octanol–water partition coefficient (Wildman–Crippen LogP) is 5.41. The van der Waals surface area contributed by atoms with Crippen LogP contribution in [0.2, 0.25) is 15.1 Å². The van der Waals surface area contributed by atoms with Gasteiger partial charge in [0.1, 0.15) is 5.69 Å². The lowest BCUT2D eigenvalue weighted by Gasteiger charge is -2.19. The normalized spacial score (nSPS) is 13.7. The van der Waals surface area contributed by atoms with E-state index in [4.69, 9.17) is 34.8 Å². The Morgan fingerprint density at radius 3 is 2.42 bits per heavy atom. The zero-order valence-electron chi connectivity index (χ0n) is 13.5. The van der Waals surface area contributed by atoms with Gasteiger partial charge in [-0.15, -0.1) is 0 Å². The highest BCUT2D eigenvalue weighted by molar-refractivity contribution is 6.37. The van der Waals surface area contributed by atoms with E-state index in [2.05, 4.69) is 5.32 Å². The van der Waals surface area contributed by atoms with Crippen LogP contribution in [0.25, 0.3) is 0 Å². The predicted molar refractivity (Wildman–Crippen MR) is 104 cm³/mol. The van der Waals surface area contributed by atoms with E-state index in [1.807, 2.05) is 4.90 Å². The minimum atomic E-state index is -0.499. The number of hydrogen-bond donors (Lipinski definition) is 1. The second-order valence-corrected chi connectivity index (χ2v) is 7.10. The summed E-state index contributed by atoms with van der Waals surface area (Å²) in [7, 11) is 0. The van der Waals surface area contributed by atoms with Crippen molar-refractivity contribution in [2.24, 2.45) is 0 Å². The first-order chi connectivity index (χ1) is 12.4. The molecule has 0 spiro atoms. The van der Waals surface area contributed by atoms with Crippen molar-refractivity contribution in [2.45, 2.75) is 12.8 Å². The van der Waals surface area contributed by atoms with E-state index in [0.717, 1.165) is 25.9 Å². The van der Waals surface area contributed by atoms with E-state index in [1.54, 1.807) is 6.07 Å². The number of nitro benzene ring substituents is 1. The molecule has 0 radical (unpaired) electrons. The molecule has 26 heavy (non-hydrogen) atoms. The molecule has 6 nitrogen and oxygen atoms in total. The van der Waals surface area contributed by atoms with Crippen LogP contribution in [0, 0.1) is 10.1 Å². The Hall–Kier alpha value is -2.02. The van der Waals surface area contributed by atoms with E-state index in [-0.39, 0.29) is 27.0 Å². The van der Waals surface area contributed by atoms with Gasteiger partial charge < -0.3 is 10.2 Å². The van der Waals surface area contributed by atoms with Crippen LogP contribution >= 0.6 is 34.8 Å². The number of rotatable bonds is 4. The Kier molecular flexibility index (Phi) is 5.55. The molecule has 1 aliphatic heterocycles. The van der Waals surface area contributed by atoms with E-state index < -0.39 is 10.8 Å². The number of amides is 1. The monoisotopic (exact) mass is 413 g/mol. The number of nitrogens with zero attached hydrogens (tertiary/aromatic N) is 2. The summed E-state index contributed by atoms with van der Waals surface area (Å²) in [4.78, 5) is 25.3. The van der Waals surface area contributed by atoms with Crippen molar-refractivity contribution >= 4 is 57.8 Å². The average Bonchev–Trinajstić information content (AvgIpc) is 3.12. The summed E-state index contributed by atoms with van der Waals surface area (Å²) < 4.78 is 0. The van der Waals surface area contributed by atoms with Crippen molar-refractivity contribution in [3.63, 3.8) is 0 Å². The summed E-state index contributed by atoms with van der Waals surface area (Å²) in [5.74, 6) is -0.499. The maximum absolute atomic E-state index is 12.5. The first kappa shape index (κ1) is 18.8. The highest BCUT2D eigenvalue weighted by Crippen LogP contribution is 2.38. The fraction of sp³-hybridized carbons (Fsp3) is 0.235. The van der Waals surface area contributed by atoms with Gasteiger partial charge in [0.25, 0.3) is 11.6 Å². The smallest absolute Gasteiger partial charge is 0.294 e. The summed E-state index contributed by atoms with van der Waals surface area (Å²) in [5, 5.41) is 14.7. The molecule has 0 atom stereocenters. The molecular weight excluding hydrogens is 401 g/mol. The lowest BCUT2D eigenvalue weighted by atomic mass is 10.2. The van der Waals surface area contributed by atoms with Gasteiger partial charge in [-0.1, -0.05) is 34.8 Å². The molecule has 1 aliphatic rings. The van der Waals surface area contributed by atoms with Gasteiger partial charge in [0, 0.05) is 24.2 Å². The van der Waals surface area contributed by atoms with Crippen LogP contribution in [0.3, 0.4) is 0 Å². The molecule has 1 saturated heterocycles. The topological polar surface area (TPSA) is 75.5 Å². The second kappa shape index (κ2) is 7.70. The molecule has 3 rings (SSSR count). The van der Waals surface area contributed by atoms with Crippen LogP contribution in [0.15, 0.2) is 30.3 Å². The van der Waals surface area contributed by atoms with Crippen LogP contribution in [-0.2, 0) is 0 Å². The first-order valence-corrected chi connectivity index (χ1v) is 8.99. The van der Waals surface area contributed by atoms with Gasteiger partial charge >= 0.3 is 0 Å². The second-order valence-electron chi connectivity index (χ2n) is 5.85. The van der Waals surface area contributed by atoms with Gasteiger partial charge in [0.05, 0.1) is 26.2 Å². The van der Waals surface area contributed by atoms with Crippen molar-refractivity contribution in [1.29, 1.82) is 0 Å². The van der Waals surface area contributed by atoms with Gasteiger partial charge in [-0.05, 0) is 37.1 Å². The maximum atomic E-state index is 12.5. The number of nitro groups is 1. The summed E-state index contributed by atoms with van der Waals surface area (Å²) in [5.41, 5.74) is 0.816. The molecule has 0 unspecified atom stereocenters. The van der Waals surface area contributed by atoms with E-state index in [1.165, 1.54) is 24.3 Å². The fourth-order valence-corrected chi connectivity index (χ4v) is 3.45. The Morgan fingerprint density at radius 2 is 1.77 bits per heavy atom. The van der Waals surface area contributed by atoms with Crippen LogP contribution < -0.4 is 10.2 Å². The number of nitrogens with one attached hydrogen (secondary N) is 1. The molecule has 9 heteroatoms. The molecule has 136 valence electrons. The fourth-order valence-electron chi connectivity index (χ4n) is 2.87. The molecule has 1 fully saturated rings. The number of carbonyl (C=O) groups excluding carboxylic acids is 1. The van der Waals surface area contributed by atoms with Crippen LogP contribution in [0.4, 0.5) is 17.1 Å². The summed E-state index contributed by atoms with van der Waals surface area (Å²) >= 11 is 18.1. The van der Waals surface area contributed by atoms with E-state index >= 15 is 0 Å². The first-order valence-electron chi connectivity index (χ1n) is 7.86. The van der Waals surface area contributed by atoms with Gasteiger partial charge in [0.2, 0.25) is 0 Å². The molecule has 0 saturated carbocycles. The van der Waals surface area contributed by atoms with Gasteiger partial charge in [-0.3, -0.25) is 14.9 Å². The van der Waals surface area contributed by atoms with Crippen molar-refractivity contribution in [3.8, 4) is 0 Å². The van der Waals surface area contributed by atoms with Crippen molar-refractivity contribution < 1.29 is 9.72 Å². The zero-order valence-corrected chi connectivity index (χ0v) is 15.7. The number of benzene rings is 2. The third-order valence-corrected chi connectivity index (χ3v) is 5.01. The average molecular weight is 415 g/mol. The molecule has 0 aliphatic carbocycles. The van der Waals surface area contributed by atoms with Crippen LogP contribution in [0.1, 0.15) is 23.2 Å². The summed E-state index contributed by atoms with van der Waals surface area (Å²) in [6.45, 7) is 1.44. The van der Waals surface area contributed by atoms with Crippen molar-refractivity contribution in [1.82, 2.24) is 0 Å². The van der Waals surface area contributed by atoms with Crippen LogP contribution in [0.5, 0.6) is 0 Å². The highest BCUT2D eigenvalue weighted by atomic mass is 35.5. The zero-order chi connectivity index (χ0) is 18.8. The SMILES string of the molecule is O=C(Nc1cc(N2CCCC2)c([N+](=O)[O-])cc1Cl)c1cc(Cl)ccc1Cl. The Morgan fingerprint density at radius 1 is 1.08 bits per heavy atom. The number of anilines is 2. The Balaban J connectivity index is 1.97. The third-order valence-electron chi connectivity index (χ3n) is 4.13. The molecule has 1 amide bonds. The van der Waals surface area contributed by atoms with Crippen LogP contribution in [-0.4, -0.2) is 23.9 Å². The molecule has 2 aromatic carbocycles. The molecule has 1 N–H and O–H groups in total. The highest BCUT2D eigenvalue weighted by Gasteiger charge is 2.25. The van der Waals surface area contributed by atoms with Crippen molar-refractivity contribution in [3.05, 3.63) is 61.1 Å². The minimum Gasteiger partial charge on any atom is -0.366 e. The minimum absolute atomic E-state index is 0.0751. The number of carbonyl (C=O) groups is 1. The van der Waals surface area contributed by atoms with Gasteiger partial charge in [0.15, 0.2) is 0 Å². The van der Waals surface area contributed by atoms with E-state index in [9.17, 15) is 14.9 Å². The van der Waals surface area contributed by atoms with Gasteiger partial charge in [-0.2, -0.15) is 0 Å². The molecule has 0 aromatic heterocycles. The Bertz CT molecular complexity index is 883. The number of hydrogen-bond acceptors (Lipinski definition) is 4. The molecular formula is C17H14Cl3N3O3. The van der Waals surface area contributed by atoms with Gasteiger partial charge in [-0.25, -0.2) is 0 Å². The lowest BCUT2D eigenvalue weighted by Crippen LogP contribution is -2.20. The molecule has 1 heterocycles. The largest absolute Gasteiger partial charge is 0.366 e. The summed E-state index contributed by atoms with van der Waals surface area (Å²) in [6, 6.07) is 7.32.